The zero-order valence-corrected chi connectivity index (χ0v) is 39.7. The molecule has 3 aromatic heterocycles. The van der Waals surface area contributed by atoms with Gasteiger partial charge in [-0.2, -0.15) is 0 Å². The molecule has 0 spiro atoms. The molecule has 0 N–H and O–H groups in total. The fourth-order valence-corrected chi connectivity index (χ4v) is 11.7. The van der Waals surface area contributed by atoms with Crippen LogP contribution in [0, 0.1) is 0 Å². The molecule has 2 aliphatic rings. The number of thioether (sulfide) groups is 1. The summed E-state index contributed by atoms with van der Waals surface area (Å²) in [5, 5.41) is 3.17. The number of allylic oxidation sites excluding steroid dienone is 2. The highest BCUT2D eigenvalue weighted by Crippen LogP contribution is 2.52. The first-order chi connectivity index (χ1) is 35.1. The van der Waals surface area contributed by atoms with Crippen LogP contribution in [-0.2, 0) is 5.41 Å². The molecule has 71 heavy (non-hydrogen) atoms. The monoisotopic (exact) mass is 927 g/mol. The van der Waals surface area contributed by atoms with Gasteiger partial charge in [0.2, 0.25) is 0 Å². The van der Waals surface area contributed by atoms with E-state index in [0.717, 1.165) is 105 Å². The molecular weight excluding hydrogens is 883 g/mol. The summed E-state index contributed by atoms with van der Waals surface area (Å²) in [5.74, 6) is 0. The smallest absolute Gasteiger partial charge is 0.145 e. The zero-order valence-electron chi connectivity index (χ0n) is 38.9. The summed E-state index contributed by atoms with van der Waals surface area (Å²) in [6.07, 6.45) is 4.70. The van der Waals surface area contributed by atoms with Crippen molar-refractivity contribution in [1.29, 1.82) is 0 Å². The van der Waals surface area contributed by atoms with E-state index in [4.69, 9.17) is 19.4 Å². The highest BCUT2D eigenvalue weighted by molar-refractivity contribution is 8.18. The Labute approximate surface area is 417 Å². The van der Waals surface area contributed by atoms with Gasteiger partial charge in [-0.3, -0.25) is 4.99 Å². The molecule has 336 valence electrons. The molecule has 1 aliphatic heterocycles. The molecule has 2 unspecified atom stereocenters. The van der Waals surface area contributed by atoms with Gasteiger partial charge in [0.25, 0.3) is 0 Å². The van der Waals surface area contributed by atoms with Crippen molar-refractivity contribution in [3.8, 4) is 67.3 Å². The van der Waals surface area contributed by atoms with Crippen LogP contribution in [0.25, 0.3) is 94.8 Å². The van der Waals surface area contributed by atoms with Gasteiger partial charge in [-0.15, -0.1) is 0 Å². The summed E-state index contributed by atoms with van der Waals surface area (Å²) in [6.45, 7) is 2.33. The van der Waals surface area contributed by atoms with Gasteiger partial charge in [0.05, 0.1) is 28.8 Å². The molecule has 5 heteroatoms. The van der Waals surface area contributed by atoms with Crippen molar-refractivity contribution in [2.24, 2.45) is 4.99 Å². The van der Waals surface area contributed by atoms with Gasteiger partial charge in [-0.05, 0) is 59.0 Å². The van der Waals surface area contributed by atoms with E-state index in [1.807, 2.05) is 24.3 Å². The molecule has 0 radical (unpaired) electrons. The van der Waals surface area contributed by atoms with Crippen molar-refractivity contribution < 1.29 is 4.42 Å². The Morgan fingerprint density at radius 2 is 0.915 bits per heavy atom. The number of pyridine rings is 2. The molecule has 0 bridgehead atoms. The Morgan fingerprint density at radius 1 is 0.423 bits per heavy atom. The van der Waals surface area contributed by atoms with Crippen LogP contribution in [-0.4, -0.2) is 21.1 Å². The molecule has 0 saturated carbocycles. The molecule has 4 heterocycles. The topological polar surface area (TPSA) is 51.3 Å². The van der Waals surface area contributed by atoms with E-state index in [1.54, 1.807) is 11.8 Å². The van der Waals surface area contributed by atoms with Crippen molar-refractivity contribution in [3.63, 3.8) is 0 Å². The predicted octanol–water partition coefficient (Wildman–Crippen LogP) is 17.2. The normalized spacial score (nSPS) is 16.4. The van der Waals surface area contributed by atoms with E-state index in [0.29, 0.717) is 0 Å². The number of para-hydroxylation sites is 2. The predicted molar refractivity (Wildman–Crippen MR) is 296 cm³/mol. The van der Waals surface area contributed by atoms with Crippen LogP contribution in [0.3, 0.4) is 0 Å². The van der Waals surface area contributed by atoms with Gasteiger partial charge < -0.3 is 4.42 Å². The number of aliphatic imine (C=N–C) groups is 1. The molecular formula is C66H45N3OS. The molecule has 13 rings (SSSR count). The second kappa shape index (κ2) is 17.7. The fourth-order valence-electron chi connectivity index (χ4n) is 10.3. The van der Waals surface area contributed by atoms with Crippen LogP contribution >= 0.6 is 11.8 Å². The third-order valence-corrected chi connectivity index (χ3v) is 15.3. The Hall–Kier alpha value is -8.64. The van der Waals surface area contributed by atoms with Crippen LogP contribution in [0.15, 0.2) is 263 Å². The average Bonchev–Trinajstić information content (AvgIpc) is 4.08. The first-order valence-corrected chi connectivity index (χ1v) is 24.9. The summed E-state index contributed by atoms with van der Waals surface area (Å²) < 4.78 is 6.62. The van der Waals surface area contributed by atoms with Gasteiger partial charge in [0.1, 0.15) is 16.2 Å². The van der Waals surface area contributed by atoms with E-state index in [1.165, 1.54) is 16.0 Å². The molecule has 11 aromatic rings. The Morgan fingerprint density at radius 3 is 1.49 bits per heavy atom. The number of rotatable bonds is 9. The fraction of sp³-hybridized carbons (Fsp3) is 0.0455. The minimum Gasteiger partial charge on any atom is -0.455 e. The maximum absolute atomic E-state index is 6.62. The van der Waals surface area contributed by atoms with Crippen molar-refractivity contribution in [1.82, 2.24) is 9.97 Å². The van der Waals surface area contributed by atoms with Gasteiger partial charge in [-0.1, -0.05) is 236 Å². The number of fused-ring (bicyclic) bond motifs is 4. The maximum atomic E-state index is 6.62. The summed E-state index contributed by atoms with van der Waals surface area (Å²) in [4.78, 5) is 17.5. The summed E-state index contributed by atoms with van der Waals surface area (Å²) in [7, 11) is 0. The molecule has 4 nitrogen and oxygen atoms in total. The lowest BCUT2D eigenvalue weighted by atomic mass is 9.71. The molecule has 1 aliphatic carbocycles. The van der Waals surface area contributed by atoms with Crippen LogP contribution in [0.4, 0.5) is 0 Å². The quantitative estimate of drug-likeness (QED) is 0.145. The van der Waals surface area contributed by atoms with E-state index >= 15 is 0 Å². The lowest BCUT2D eigenvalue weighted by molar-refractivity contribution is 0.522. The van der Waals surface area contributed by atoms with Crippen molar-refractivity contribution >= 4 is 44.3 Å². The van der Waals surface area contributed by atoms with Crippen LogP contribution in [0.1, 0.15) is 23.6 Å². The molecule has 0 amide bonds. The minimum absolute atomic E-state index is 0.182. The third kappa shape index (κ3) is 7.63. The summed E-state index contributed by atoms with van der Waals surface area (Å²) in [6, 6.07) is 83.1. The number of nitrogens with zero attached hydrogens (tertiary/aromatic N) is 3. The SMILES string of the molecule is CC1(c2ccc(-c3ccc(-c4ccccc4)nc3-c3ccccc3)cc2)C=CC(c2ccc(-c3ccc(-c4ccccc4)nc3-c3ccccc3)cc2)=C2SC(c3cccc4c3oc3ccccc34)=NC21. The largest absolute Gasteiger partial charge is 0.455 e. The Bertz CT molecular complexity index is 3880. The Kier molecular flexibility index (Phi) is 10.6. The highest BCUT2D eigenvalue weighted by atomic mass is 32.2. The van der Waals surface area contributed by atoms with Gasteiger partial charge in [0.15, 0.2) is 0 Å². The number of aromatic nitrogens is 2. The third-order valence-electron chi connectivity index (χ3n) is 14.1. The highest BCUT2D eigenvalue weighted by Gasteiger charge is 2.44. The van der Waals surface area contributed by atoms with Crippen molar-refractivity contribution in [2.75, 3.05) is 0 Å². The van der Waals surface area contributed by atoms with Crippen molar-refractivity contribution in [2.45, 2.75) is 18.4 Å². The van der Waals surface area contributed by atoms with Gasteiger partial charge in [-0.25, -0.2) is 9.97 Å². The van der Waals surface area contributed by atoms with E-state index in [9.17, 15) is 0 Å². The van der Waals surface area contributed by atoms with E-state index < -0.39 is 5.41 Å². The summed E-state index contributed by atoms with van der Waals surface area (Å²) >= 11 is 1.77. The van der Waals surface area contributed by atoms with Crippen LogP contribution in [0.5, 0.6) is 0 Å². The second-order valence-corrected chi connectivity index (χ2v) is 19.4. The van der Waals surface area contributed by atoms with Gasteiger partial charge >= 0.3 is 0 Å². The number of benzene rings is 8. The molecule has 0 fully saturated rings. The average molecular weight is 928 g/mol. The minimum atomic E-state index is -0.456. The zero-order chi connectivity index (χ0) is 47.3. The number of furan rings is 1. The van der Waals surface area contributed by atoms with Crippen LogP contribution in [0.2, 0.25) is 0 Å². The summed E-state index contributed by atoms with van der Waals surface area (Å²) in [5.41, 5.74) is 18.4. The lowest BCUT2D eigenvalue weighted by Gasteiger charge is -2.36. The van der Waals surface area contributed by atoms with E-state index in [2.05, 4.69) is 231 Å². The molecule has 2 atom stereocenters. The van der Waals surface area contributed by atoms with Crippen LogP contribution < -0.4 is 0 Å². The number of hydrogen-bond donors (Lipinski definition) is 0. The first kappa shape index (κ1) is 42.5. The lowest BCUT2D eigenvalue weighted by Crippen LogP contribution is -2.35. The molecule has 8 aromatic carbocycles. The first-order valence-electron chi connectivity index (χ1n) is 24.1. The molecule has 0 saturated heterocycles. The van der Waals surface area contributed by atoms with E-state index in [-0.39, 0.29) is 6.04 Å². The Balaban J connectivity index is 0.898. The number of hydrogen-bond acceptors (Lipinski definition) is 5. The standard InChI is InChI=1S/C66H45N3OS/c1-66(50-35-33-44(34-36-50)52-38-40-58(47-19-8-3-9-20-47)68-61(52)49-23-12-5-13-24-49)42-41-53(63-64(66)69-65(71-63)56-27-16-26-55-54-25-14-15-28-59(54)70-62(55)56)45-31-29-43(30-32-45)51-37-39-57(46-17-6-2-7-18-46)67-60(51)48-21-10-4-11-22-48/h2-42,64H,1H3. The van der Waals surface area contributed by atoms with Crippen molar-refractivity contribution in [3.05, 3.63) is 270 Å². The second-order valence-electron chi connectivity index (χ2n) is 18.4. The van der Waals surface area contributed by atoms with Gasteiger partial charge in [0, 0.05) is 60.0 Å². The maximum Gasteiger partial charge on any atom is 0.145 e.